The van der Waals surface area contributed by atoms with E-state index < -0.39 is 35.6 Å². The molecular weight excluding hydrogens is 438 g/mol. The predicted molar refractivity (Wildman–Crippen MR) is 132 cm³/mol. The van der Waals surface area contributed by atoms with Crippen molar-refractivity contribution in [3.8, 4) is 0 Å². The molecule has 7 atom stereocenters. The van der Waals surface area contributed by atoms with Gasteiger partial charge in [0.2, 0.25) is 0 Å². The molecule has 0 saturated heterocycles. The highest BCUT2D eigenvalue weighted by Gasteiger charge is 2.51. The van der Waals surface area contributed by atoms with Gasteiger partial charge in [-0.15, -0.1) is 11.8 Å². The Labute approximate surface area is 202 Å². The summed E-state index contributed by atoms with van der Waals surface area (Å²) in [4.78, 5) is 30.6. The summed E-state index contributed by atoms with van der Waals surface area (Å²) in [6.45, 7) is 9.49. The number of thioether (sulfide) groups is 1. The quantitative estimate of drug-likeness (QED) is 0.456. The number of esters is 1. The second-order valence-corrected chi connectivity index (χ2v) is 11.6. The van der Waals surface area contributed by atoms with Crippen molar-refractivity contribution in [1.29, 1.82) is 0 Å². The van der Waals surface area contributed by atoms with Crippen molar-refractivity contribution < 1.29 is 24.5 Å². The Bertz CT molecular complexity index is 850. The molecule has 7 heteroatoms. The summed E-state index contributed by atoms with van der Waals surface area (Å²) in [5, 5.41) is 22.8. The Hall–Kier alpha value is -1.44. The standard InChI is InChI=1S/C26H39NO5S/c1-15-8-6-7-9-19-13-26(5,25(31)17(3)24(19)30)22(28)12-23(29)32-21(10-15)16(2)11-20-14-33-18(4)27-20/h8,11,17,19-22,24,28,30H,6-7,9-10,12-14H2,1-5H3/b15-8-,16-11+/t17-,19-,20?,21+,22+,24-,26-/m1/s1. The molecule has 2 aliphatic heterocycles. The van der Waals surface area contributed by atoms with E-state index in [9.17, 15) is 19.8 Å². The second kappa shape index (κ2) is 10.9. The van der Waals surface area contributed by atoms with Crippen molar-refractivity contribution in [3.63, 3.8) is 0 Å². The number of allylic oxidation sites excluding steroid dienone is 1. The molecule has 1 unspecified atom stereocenters. The third-order valence-electron chi connectivity index (χ3n) is 7.58. The fourth-order valence-electron chi connectivity index (χ4n) is 5.42. The minimum absolute atomic E-state index is 0.0729. The predicted octanol–water partition coefficient (Wildman–Crippen LogP) is 4.24. The third kappa shape index (κ3) is 6.17. The van der Waals surface area contributed by atoms with Crippen LogP contribution in [0.5, 0.6) is 0 Å². The average Bonchev–Trinajstić information content (AvgIpc) is 3.16. The summed E-state index contributed by atoms with van der Waals surface area (Å²) >= 11 is 1.73. The minimum Gasteiger partial charge on any atom is -0.457 e. The van der Waals surface area contributed by atoms with Gasteiger partial charge < -0.3 is 14.9 Å². The molecule has 2 heterocycles. The molecule has 6 nitrogen and oxygen atoms in total. The first kappa shape index (κ1) is 26.2. The van der Waals surface area contributed by atoms with E-state index in [1.165, 1.54) is 0 Å². The Morgan fingerprint density at radius 1 is 1.27 bits per heavy atom. The van der Waals surface area contributed by atoms with Crippen LogP contribution >= 0.6 is 11.8 Å². The van der Waals surface area contributed by atoms with Crippen molar-refractivity contribution in [2.75, 3.05) is 5.75 Å². The van der Waals surface area contributed by atoms with E-state index in [-0.39, 0.29) is 24.2 Å². The highest BCUT2D eigenvalue weighted by Crippen LogP contribution is 2.44. The highest BCUT2D eigenvalue weighted by atomic mass is 32.2. The van der Waals surface area contributed by atoms with Gasteiger partial charge in [-0.1, -0.05) is 31.6 Å². The van der Waals surface area contributed by atoms with Crippen LogP contribution in [-0.2, 0) is 14.3 Å². The van der Waals surface area contributed by atoms with Gasteiger partial charge in [0.25, 0.3) is 0 Å². The summed E-state index contributed by atoms with van der Waals surface area (Å²) in [5.41, 5.74) is 1.04. The van der Waals surface area contributed by atoms with Crippen molar-refractivity contribution in [3.05, 3.63) is 23.3 Å². The highest BCUT2D eigenvalue weighted by molar-refractivity contribution is 8.14. The first-order valence-corrected chi connectivity index (χ1v) is 13.1. The SMILES string of the molecule is CC1=NC(/C=C(\C)[C@@H]2C/C(C)=C\CCC[C@@H]3C[C@@](C)(C(=O)[C@H](C)[C@H]3O)[C@@H](O)CC(=O)O2)CS1. The molecule has 0 amide bonds. The van der Waals surface area contributed by atoms with Crippen LogP contribution in [0.1, 0.15) is 73.1 Å². The largest absolute Gasteiger partial charge is 0.457 e. The second-order valence-electron chi connectivity index (χ2n) is 10.3. The maximum absolute atomic E-state index is 13.1. The third-order valence-corrected chi connectivity index (χ3v) is 8.61. The van der Waals surface area contributed by atoms with Crippen molar-refractivity contribution >= 4 is 28.6 Å². The smallest absolute Gasteiger partial charge is 0.309 e. The summed E-state index contributed by atoms with van der Waals surface area (Å²) in [6, 6.07) is 0.0836. The van der Waals surface area contributed by atoms with Crippen molar-refractivity contribution in [2.45, 2.75) is 97.5 Å². The molecule has 0 aromatic heterocycles. The Morgan fingerprint density at radius 2 is 2.00 bits per heavy atom. The lowest BCUT2D eigenvalue weighted by Crippen LogP contribution is -2.54. The topological polar surface area (TPSA) is 96.2 Å². The van der Waals surface area contributed by atoms with Gasteiger partial charge in [-0.05, 0) is 57.9 Å². The van der Waals surface area contributed by atoms with E-state index in [0.717, 1.165) is 41.2 Å². The summed E-state index contributed by atoms with van der Waals surface area (Å²) in [5.74, 6) is -0.417. The van der Waals surface area contributed by atoms with E-state index in [1.807, 2.05) is 13.8 Å². The van der Waals surface area contributed by atoms with Crippen LogP contribution in [0.2, 0.25) is 0 Å². The van der Waals surface area contributed by atoms with Crippen LogP contribution < -0.4 is 0 Å². The van der Waals surface area contributed by atoms with Crippen LogP contribution in [0.3, 0.4) is 0 Å². The molecule has 184 valence electrons. The lowest BCUT2D eigenvalue weighted by Gasteiger charge is -2.45. The van der Waals surface area contributed by atoms with Crippen LogP contribution in [0.4, 0.5) is 0 Å². The normalized spacial score (nSPS) is 41.0. The number of hydrogen-bond acceptors (Lipinski definition) is 7. The van der Waals surface area contributed by atoms with Crippen LogP contribution in [-0.4, -0.2) is 57.1 Å². The number of hydrogen-bond donors (Lipinski definition) is 2. The minimum atomic E-state index is -1.14. The first-order valence-electron chi connectivity index (χ1n) is 12.1. The maximum Gasteiger partial charge on any atom is 0.309 e. The number of ketones is 1. The molecule has 33 heavy (non-hydrogen) atoms. The van der Waals surface area contributed by atoms with E-state index in [2.05, 4.69) is 24.1 Å². The number of carbonyl (C=O) groups is 2. The Morgan fingerprint density at radius 3 is 2.67 bits per heavy atom. The van der Waals surface area contributed by atoms with E-state index in [0.29, 0.717) is 12.8 Å². The average molecular weight is 478 g/mol. The van der Waals surface area contributed by atoms with Crippen LogP contribution in [0, 0.1) is 17.3 Å². The van der Waals surface area contributed by atoms with Gasteiger partial charge in [-0.25, -0.2) is 0 Å². The number of carbonyl (C=O) groups excluding carboxylic acids is 2. The molecule has 3 rings (SSSR count). The number of aliphatic hydroxyl groups excluding tert-OH is 2. The zero-order valence-corrected chi connectivity index (χ0v) is 21.4. The molecule has 1 fully saturated rings. The zero-order valence-electron chi connectivity index (χ0n) is 20.5. The van der Waals surface area contributed by atoms with Gasteiger partial charge in [-0.2, -0.15) is 0 Å². The fourth-order valence-corrected chi connectivity index (χ4v) is 6.22. The summed E-state index contributed by atoms with van der Waals surface area (Å²) < 4.78 is 5.88. The van der Waals surface area contributed by atoms with Gasteiger partial charge in [0.05, 0.1) is 35.1 Å². The van der Waals surface area contributed by atoms with Gasteiger partial charge in [0.15, 0.2) is 0 Å². The zero-order chi connectivity index (χ0) is 24.3. The first-order chi connectivity index (χ1) is 15.5. The number of ether oxygens (including phenoxy) is 1. The fraction of sp³-hybridized carbons (Fsp3) is 0.731. The molecular formula is C26H39NO5S. The van der Waals surface area contributed by atoms with E-state index in [4.69, 9.17) is 4.74 Å². The molecule has 0 spiro atoms. The molecule has 0 radical (unpaired) electrons. The van der Waals surface area contributed by atoms with Gasteiger partial charge in [0.1, 0.15) is 11.9 Å². The number of aliphatic hydroxyl groups is 2. The van der Waals surface area contributed by atoms with Crippen molar-refractivity contribution in [2.24, 2.45) is 22.2 Å². The van der Waals surface area contributed by atoms with Gasteiger partial charge in [0, 0.05) is 18.1 Å². The molecule has 2 bridgehead atoms. The summed E-state index contributed by atoms with van der Waals surface area (Å²) in [7, 11) is 0. The number of cyclic esters (lactones) is 1. The van der Waals surface area contributed by atoms with Crippen molar-refractivity contribution in [1.82, 2.24) is 0 Å². The Kier molecular flexibility index (Phi) is 8.62. The monoisotopic (exact) mass is 477 g/mol. The molecule has 1 aliphatic carbocycles. The number of nitrogens with zero attached hydrogens (tertiary/aromatic N) is 1. The maximum atomic E-state index is 13.1. The Balaban J connectivity index is 1.85. The molecule has 0 aromatic carbocycles. The summed E-state index contributed by atoms with van der Waals surface area (Å²) in [6.07, 6.45) is 5.28. The number of aliphatic imine (C=N–C) groups is 1. The van der Waals surface area contributed by atoms with E-state index in [1.54, 1.807) is 25.6 Å². The van der Waals surface area contributed by atoms with Crippen LogP contribution in [0.25, 0.3) is 0 Å². The van der Waals surface area contributed by atoms with Gasteiger partial charge in [-0.3, -0.25) is 14.6 Å². The molecule has 1 saturated carbocycles. The number of Topliss-reactive ketones (excluding diaryl/α,β-unsaturated/α-hetero) is 1. The molecule has 2 N–H and O–H groups in total. The van der Waals surface area contributed by atoms with Crippen LogP contribution in [0.15, 0.2) is 28.3 Å². The number of fused-ring (bicyclic) bond motifs is 2. The molecule has 3 aliphatic rings. The van der Waals surface area contributed by atoms with E-state index >= 15 is 0 Å². The van der Waals surface area contributed by atoms with Gasteiger partial charge >= 0.3 is 5.97 Å². The molecule has 0 aromatic rings. The number of rotatable bonds is 2. The lowest BCUT2D eigenvalue weighted by molar-refractivity contribution is -0.161. The lowest BCUT2D eigenvalue weighted by atomic mass is 9.60.